The molecule has 1 atom stereocenters. The van der Waals surface area contributed by atoms with Crippen molar-refractivity contribution in [2.75, 3.05) is 32.8 Å². The topological polar surface area (TPSA) is 24.5 Å². The normalized spacial score (nSPS) is 27.6. The molecule has 8 heteroatoms. The van der Waals surface area contributed by atoms with Gasteiger partial charge in [-0.15, -0.1) is 12.4 Å². The van der Waals surface area contributed by atoms with Gasteiger partial charge in [-0.25, -0.2) is 8.78 Å². The van der Waals surface area contributed by atoms with Gasteiger partial charge in [0.25, 0.3) is 0 Å². The van der Waals surface area contributed by atoms with Crippen LogP contribution in [-0.2, 0) is 4.74 Å². The predicted octanol–water partition coefficient (Wildman–Crippen LogP) is 2.75. The summed E-state index contributed by atoms with van der Waals surface area (Å²) < 4.78 is 54.5. The van der Waals surface area contributed by atoms with Crippen LogP contribution in [0.5, 0.6) is 0 Å². The minimum Gasteiger partial charge on any atom is -0.321 e. The van der Waals surface area contributed by atoms with Crippen molar-refractivity contribution in [3.63, 3.8) is 0 Å². The molecule has 0 aromatic carbocycles. The predicted molar refractivity (Wildman–Crippen MR) is 74.3 cm³/mol. The Morgan fingerprint density at radius 3 is 2.52 bits per heavy atom. The fraction of sp³-hybridized carbons (Fsp3) is 1.00. The molecule has 126 valence electrons. The molecule has 2 rings (SSSR count). The van der Waals surface area contributed by atoms with Crippen molar-refractivity contribution in [3.05, 3.63) is 0 Å². The van der Waals surface area contributed by atoms with Crippen molar-refractivity contribution in [1.82, 2.24) is 10.2 Å². The highest BCUT2D eigenvalue weighted by molar-refractivity contribution is 5.85. The first-order valence-corrected chi connectivity index (χ1v) is 7.18. The third-order valence-corrected chi connectivity index (χ3v) is 4.12. The Labute approximate surface area is 128 Å². The van der Waals surface area contributed by atoms with E-state index in [-0.39, 0.29) is 37.9 Å². The number of ether oxygens (including phenoxy) is 1. The second kappa shape index (κ2) is 8.50. The molecule has 0 aromatic heterocycles. The summed E-state index contributed by atoms with van der Waals surface area (Å²) in [5.41, 5.74) is 0. The summed E-state index contributed by atoms with van der Waals surface area (Å²) in [5.74, 6) is -2.20. The standard InChI is InChI=1S/C13H22F4N2O.ClH/c14-12(15)20-9-11-8-19(6-5-18-11)7-10-1-3-13(16,17)4-2-10;/h10-12,18H,1-9H2;1H/t11-;/m0./s1. The Balaban J connectivity index is 0.00000220. The summed E-state index contributed by atoms with van der Waals surface area (Å²) in [6.07, 6.45) is 1.05. The zero-order valence-electron chi connectivity index (χ0n) is 11.9. The zero-order valence-corrected chi connectivity index (χ0v) is 12.7. The lowest BCUT2D eigenvalue weighted by molar-refractivity contribution is -0.136. The number of hydrogen-bond donors (Lipinski definition) is 1. The second-order valence-corrected chi connectivity index (χ2v) is 5.80. The van der Waals surface area contributed by atoms with Crippen LogP contribution in [0.4, 0.5) is 17.6 Å². The monoisotopic (exact) mass is 334 g/mol. The maximum atomic E-state index is 13.1. The Hall–Kier alpha value is -0.110. The largest absolute Gasteiger partial charge is 0.345 e. The van der Waals surface area contributed by atoms with Gasteiger partial charge >= 0.3 is 6.61 Å². The molecule has 1 N–H and O–H groups in total. The van der Waals surface area contributed by atoms with E-state index in [1.807, 2.05) is 0 Å². The van der Waals surface area contributed by atoms with Gasteiger partial charge in [-0.3, -0.25) is 0 Å². The molecule has 0 unspecified atom stereocenters. The van der Waals surface area contributed by atoms with Crippen LogP contribution in [0.1, 0.15) is 25.7 Å². The Kier molecular flexibility index (Phi) is 7.67. The number of hydrogen-bond acceptors (Lipinski definition) is 3. The molecule has 21 heavy (non-hydrogen) atoms. The van der Waals surface area contributed by atoms with Crippen LogP contribution >= 0.6 is 12.4 Å². The summed E-state index contributed by atoms with van der Waals surface area (Å²) in [6, 6.07) is -0.109. The smallest absolute Gasteiger partial charge is 0.321 e. The quantitative estimate of drug-likeness (QED) is 0.782. The molecule has 0 amide bonds. The van der Waals surface area contributed by atoms with Crippen LogP contribution in [0.25, 0.3) is 0 Å². The van der Waals surface area contributed by atoms with Gasteiger partial charge in [-0.05, 0) is 18.8 Å². The summed E-state index contributed by atoms with van der Waals surface area (Å²) in [6.45, 7) is 0.213. The molecule has 2 fully saturated rings. The fourth-order valence-electron chi connectivity index (χ4n) is 3.01. The van der Waals surface area contributed by atoms with Crippen molar-refractivity contribution in [2.24, 2.45) is 5.92 Å². The van der Waals surface area contributed by atoms with Crippen LogP contribution in [0, 0.1) is 5.92 Å². The third kappa shape index (κ3) is 6.67. The molecule has 1 saturated carbocycles. The molecular formula is C13H23ClF4N2O. The van der Waals surface area contributed by atoms with E-state index in [0.717, 1.165) is 19.6 Å². The zero-order chi connectivity index (χ0) is 14.6. The summed E-state index contributed by atoms with van der Waals surface area (Å²) >= 11 is 0. The van der Waals surface area contributed by atoms with E-state index in [2.05, 4.69) is 15.0 Å². The van der Waals surface area contributed by atoms with Crippen molar-refractivity contribution < 1.29 is 22.3 Å². The van der Waals surface area contributed by atoms with E-state index < -0.39 is 12.5 Å². The average Bonchev–Trinajstić information content (AvgIpc) is 2.39. The van der Waals surface area contributed by atoms with Gasteiger partial charge in [-0.1, -0.05) is 0 Å². The number of piperazine rings is 1. The molecule has 1 aliphatic heterocycles. The highest BCUT2D eigenvalue weighted by Gasteiger charge is 2.35. The van der Waals surface area contributed by atoms with Gasteiger partial charge in [0.1, 0.15) is 0 Å². The molecule has 0 bridgehead atoms. The average molecular weight is 335 g/mol. The first-order chi connectivity index (χ1) is 9.44. The van der Waals surface area contributed by atoms with E-state index in [1.165, 1.54) is 0 Å². The minimum atomic E-state index is -2.74. The molecule has 3 nitrogen and oxygen atoms in total. The van der Waals surface area contributed by atoms with Crippen LogP contribution < -0.4 is 5.32 Å². The highest BCUT2D eigenvalue weighted by Crippen LogP contribution is 2.36. The molecule has 2 aliphatic rings. The van der Waals surface area contributed by atoms with Gasteiger partial charge in [0.05, 0.1) is 6.61 Å². The molecule has 0 radical (unpaired) electrons. The van der Waals surface area contributed by atoms with Crippen molar-refractivity contribution in [1.29, 1.82) is 0 Å². The SMILES string of the molecule is Cl.FC(F)OC[C@@H]1CN(CC2CCC(F)(F)CC2)CCN1. The Bertz CT molecular complexity index is 300. The summed E-state index contributed by atoms with van der Waals surface area (Å²) in [4.78, 5) is 2.17. The van der Waals surface area contributed by atoms with Crippen LogP contribution in [0.15, 0.2) is 0 Å². The highest BCUT2D eigenvalue weighted by atomic mass is 35.5. The molecule has 0 spiro atoms. The Morgan fingerprint density at radius 1 is 1.24 bits per heavy atom. The maximum Gasteiger partial charge on any atom is 0.345 e. The lowest BCUT2D eigenvalue weighted by Crippen LogP contribution is -2.53. The van der Waals surface area contributed by atoms with Gasteiger partial charge in [0.15, 0.2) is 0 Å². The van der Waals surface area contributed by atoms with E-state index in [9.17, 15) is 17.6 Å². The summed E-state index contributed by atoms with van der Waals surface area (Å²) in [7, 11) is 0. The van der Waals surface area contributed by atoms with E-state index in [0.29, 0.717) is 25.3 Å². The van der Waals surface area contributed by atoms with Crippen molar-refractivity contribution in [3.8, 4) is 0 Å². The molecular weight excluding hydrogens is 312 g/mol. The molecule has 1 aliphatic carbocycles. The number of nitrogens with zero attached hydrogens (tertiary/aromatic N) is 1. The number of halogens is 5. The van der Waals surface area contributed by atoms with Gasteiger partial charge in [0.2, 0.25) is 5.92 Å². The van der Waals surface area contributed by atoms with Gasteiger partial charge in [0, 0.05) is 45.1 Å². The lowest BCUT2D eigenvalue weighted by atomic mass is 9.86. The first kappa shape index (κ1) is 18.9. The van der Waals surface area contributed by atoms with Crippen LogP contribution in [0.2, 0.25) is 0 Å². The Morgan fingerprint density at radius 2 is 1.90 bits per heavy atom. The maximum absolute atomic E-state index is 13.1. The van der Waals surface area contributed by atoms with Crippen molar-refractivity contribution >= 4 is 12.4 Å². The second-order valence-electron chi connectivity index (χ2n) is 5.80. The van der Waals surface area contributed by atoms with Crippen LogP contribution in [-0.4, -0.2) is 56.3 Å². The lowest BCUT2D eigenvalue weighted by Gasteiger charge is -2.37. The number of alkyl halides is 4. The first-order valence-electron chi connectivity index (χ1n) is 7.18. The number of rotatable bonds is 5. The third-order valence-electron chi connectivity index (χ3n) is 4.12. The number of nitrogens with one attached hydrogen (secondary N) is 1. The van der Waals surface area contributed by atoms with Gasteiger partial charge in [-0.2, -0.15) is 8.78 Å². The van der Waals surface area contributed by atoms with Crippen LogP contribution in [0.3, 0.4) is 0 Å². The molecule has 1 saturated heterocycles. The summed E-state index contributed by atoms with van der Waals surface area (Å²) in [5, 5.41) is 3.13. The van der Waals surface area contributed by atoms with E-state index >= 15 is 0 Å². The van der Waals surface area contributed by atoms with Crippen molar-refractivity contribution in [2.45, 2.75) is 44.3 Å². The van der Waals surface area contributed by atoms with E-state index in [4.69, 9.17) is 0 Å². The fourth-order valence-corrected chi connectivity index (χ4v) is 3.01. The molecule has 0 aromatic rings. The molecule has 1 heterocycles. The van der Waals surface area contributed by atoms with E-state index in [1.54, 1.807) is 0 Å². The minimum absolute atomic E-state index is 0. The van der Waals surface area contributed by atoms with Gasteiger partial charge < -0.3 is 15.0 Å².